The molecule has 0 unspecified atom stereocenters. The van der Waals surface area contributed by atoms with Crippen LogP contribution in [0.25, 0.3) is 0 Å². The summed E-state index contributed by atoms with van der Waals surface area (Å²) in [5, 5.41) is 2.91. The maximum atomic E-state index is 12.9. The number of carbonyl (C=O) groups excluding carboxylic acids is 1. The van der Waals surface area contributed by atoms with Gasteiger partial charge in [0.15, 0.2) is 0 Å². The second-order valence-corrected chi connectivity index (χ2v) is 9.22. The molecule has 0 bridgehead atoms. The summed E-state index contributed by atoms with van der Waals surface area (Å²) in [5.74, 6) is -0.256. The Morgan fingerprint density at radius 2 is 1.90 bits per heavy atom. The van der Waals surface area contributed by atoms with Gasteiger partial charge in [0.05, 0.1) is 4.90 Å². The largest absolute Gasteiger partial charge is 0.352 e. The number of amides is 1. The van der Waals surface area contributed by atoms with Gasteiger partial charge in [-0.1, -0.05) is 29.8 Å². The highest BCUT2D eigenvalue weighted by Crippen LogP contribution is 2.22. The van der Waals surface area contributed by atoms with Crippen molar-refractivity contribution >= 4 is 21.6 Å². The summed E-state index contributed by atoms with van der Waals surface area (Å²) in [7, 11) is -3.79. The maximum Gasteiger partial charge on any atom is 0.262 e. The first-order chi connectivity index (χ1) is 13.8. The van der Waals surface area contributed by atoms with Crippen molar-refractivity contribution in [2.45, 2.75) is 50.8 Å². The van der Waals surface area contributed by atoms with E-state index in [0.29, 0.717) is 23.4 Å². The average molecular weight is 413 g/mol. The van der Waals surface area contributed by atoms with E-state index in [2.05, 4.69) is 16.1 Å². The monoisotopic (exact) mass is 412 g/mol. The Morgan fingerprint density at radius 1 is 1.07 bits per heavy atom. The number of carbonyl (C=O) groups is 1. The number of hydrogen-bond donors (Lipinski definition) is 2. The zero-order chi connectivity index (χ0) is 20.9. The average Bonchev–Trinajstić information content (AvgIpc) is 2.68. The van der Waals surface area contributed by atoms with Gasteiger partial charge in [0.25, 0.3) is 15.9 Å². The molecule has 0 heterocycles. The highest BCUT2D eigenvalue weighted by molar-refractivity contribution is 7.92. The van der Waals surface area contributed by atoms with Gasteiger partial charge in [-0.15, -0.1) is 0 Å². The summed E-state index contributed by atoms with van der Waals surface area (Å²) in [5.41, 5.74) is 3.79. The van der Waals surface area contributed by atoms with Gasteiger partial charge < -0.3 is 5.32 Å². The first-order valence-electron chi connectivity index (χ1n) is 10.0. The minimum atomic E-state index is -3.79. The molecule has 2 N–H and O–H groups in total. The van der Waals surface area contributed by atoms with E-state index in [1.807, 2.05) is 13.0 Å². The van der Waals surface area contributed by atoms with Crippen molar-refractivity contribution in [1.82, 2.24) is 5.32 Å². The van der Waals surface area contributed by atoms with Gasteiger partial charge in [-0.25, -0.2) is 8.42 Å². The molecule has 0 fully saturated rings. The van der Waals surface area contributed by atoms with E-state index < -0.39 is 10.0 Å². The lowest BCUT2D eigenvalue weighted by atomic mass is 9.97. The number of aryl methyl sites for hydroxylation is 2. The Morgan fingerprint density at radius 3 is 2.62 bits per heavy atom. The molecule has 29 heavy (non-hydrogen) atoms. The first-order valence-corrected chi connectivity index (χ1v) is 11.5. The zero-order valence-corrected chi connectivity index (χ0v) is 17.8. The Labute approximate surface area is 173 Å². The van der Waals surface area contributed by atoms with E-state index in [4.69, 9.17) is 0 Å². The molecule has 0 aliphatic heterocycles. The van der Waals surface area contributed by atoms with Crippen LogP contribution in [-0.4, -0.2) is 20.9 Å². The molecule has 1 aliphatic carbocycles. The molecule has 0 atom stereocenters. The molecule has 1 amide bonds. The minimum absolute atomic E-state index is 0.113. The molecular formula is C23H28N2O3S. The quantitative estimate of drug-likeness (QED) is 0.646. The second kappa shape index (κ2) is 9.27. The van der Waals surface area contributed by atoms with Crippen LogP contribution in [0.2, 0.25) is 0 Å². The van der Waals surface area contributed by atoms with Crippen molar-refractivity contribution in [3.05, 3.63) is 70.8 Å². The normalized spacial score (nSPS) is 14.2. The van der Waals surface area contributed by atoms with Crippen molar-refractivity contribution in [3.8, 4) is 0 Å². The summed E-state index contributed by atoms with van der Waals surface area (Å²) in [6, 6.07) is 11.9. The molecule has 2 aromatic rings. The zero-order valence-electron chi connectivity index (χ0n) is 17.0. The third-order valence-electron chi connectivity index (χ3n) is 5.13. The highest BCUT2D eigenvalue weighted by Gasteiger charge is 2.19. The molecule has 0 spiro atoms. The molecule has 3 rings (SSSR count). The molecule has 0 saturated heterocycles. The van der Waals surface area contributed by atoms with Gasteiger partial charge in [0.1, 0.15) is 0 Å². The number of hydrogen-bond acceptors (Lipinski definition) is 3. The number of anilines is 1. The molecule has 154 valence electrons. The lowest BCUT2D eigenvalue weighted by Crippen LogP contribution is -2.25. The van der Waals surface area contributed by atoms with Crippen LogP contribution >= 0.6 is 0 Å². The summed E-state index contributed by atoms with van der Waals surface area (Å²) in [6.45, 7) is 4.18. The van der Waals surface area contributed by atoms with Crippen LogP contribution in [0, 0.1) is 13.8 Å². The number of benzene rings is 2. The molecule has 0 radical (unpaired) electrons. The molecule has 2 aromatic carbocycles. The van der Waals surface area contributed by atoms with Crippen molar-refractivity contribution in [3.63, 3.8) is 0 Å². The topological polar surface area (TPSA) is 75.3 Å². The molecular weight excluding hydrogens is 384 g/mol. The predicted octanol–water partition coefficient (Wildman–Crippen LogP) is 4.72. The van der Waals surface area contributed by atoms with E-state index >= 15 is 0 Å². The van der Waals surface area contributed by atoms with Crippen molar-refractivity contribution in [2.24, 2.45) is 0 Å². The standard InChI is InChI=1S/C23H28N2O3S/c1-17-7-6-10-21(15-17)25-29(27,28)22-16-20(12-11-18(22)2)23(26)24-14-13-19-8-4-3-5-9-19/h6-8,10-12,15-16,25H,3-5,9,13-14H2,1-2H3,(H,24,26). The van der Waals surface area contributed by atoms with Crippen molar-refractivity contribution < 1.29 is 13.2 Å². The Balaban J connectivity index is 1.71. The van der Waals surface area contributed by atoms with Crippen LogP contribution in [0.4, 0.5) is 5.69 Å². The van der Waals surface area contributed by atoms with Gasteiger partial charge in [0, 0.05) is 17.8 Å². The number of allylic oxidation sites excluding steroid dienone is 1. The van der Waals surface area contributed by atoms with Gasteiger partial charge in [0.2, 0.25) is 0 Å². The van der Waals surface area contributed by atoms with E-state index in [9.17, 15) is 13.2 Å². The first kappa shape index (κ1) is 21.1. The predicted molar refractivity (Wildman–Crippen MR) is 117 cm³/mol. The Hall–Kier alpha value is -2.60. The Bertz CT molecular complexity index is 1030. The van der Waals surface area contributed by atoms with E-state index in [1.165, 1.54) is 24.5 Å². The molecule has 0 aromatic heterocycles. The summed E-state index contributed by atoms with van der Waals surface area (Å²) >= 11 is 0. The third kappa shape index (κ3) is 5.70. The highest BCUT2D eigenvalue weighted by atomic mass is 32.2. The van der Waals surface area contributed by atoms with Gasteiger partial charge >= 0.3 is 0 Å². The van der Waals surface area contributed by atoms with Crippen LogP contribution in [-0.2, 0) is 10.0 Å². The van der Waals surface area contributed by atoms with E-state index in [-0.39, 0.29) is 10.8 Å². The fourth-order valence-electron chi connectivity index (χ4n) is 3.52. The smallest absolute Gasteiger partial charge is 0.262 e. The molecule has 5 nitrogen and oxygen atoms in total. The van der Waals surface area contributed by atoms with Crippen LogP contribution in [0.15, 0.2) is 59.0 Å². The molecule has 1 aliphatic rings. The fraction of sp³-hybridized carbons (Fsp3) is 0.348. The van der Waals surface area contributed by atoms with E-state index in [0.717, 1.165) is 24.8 Å². The SMILES string of the molecule is Cc1cccc(NS(=O)(=O)c2cc(C(=O)NCCC3=CCCCC3)ccc2C)c1. The Kier molecular flexibility index (Phi) is 6.75. The van der Waals surface area contributed by atoms with Crippen LogP contribution in [0.5, 0.6) is 0 Å². The van der Waals surface area contributed by atoms with Crippen molar-refractivity contribution in [2.75, 3.05) is 11.3 Å². The number of nitrogens with one attached hydrogen (secondary N) is 2. The summed E-state index contributed by atoms with van der Waals surface area (Å²) in [4.78, 5) is 12.6. The number of rotatable bonds is 7. The van der Waals surface area contributed by atoms with Crippen LogP contribution in [0.3, 0.4) is 0 Å². The van der Waals surface area contributed by atoms with Crippen LogP contribution in [0.1, 0.15) is 53.6 Å². The minimum Gasteiger partial charge on any atom is -0.352 e. The van der Waals surface area contributed by atoms with E-state index in [1.54, 1.807) is 37.3 Å². The van der Waals surface area contributed by atoms with Gasteiger partial charge in [-0.2, -0.15) is 0 Å². The lowest BCUT2D eigenvalue weighted by molar-refractivity contribution is 0.0954. The van der Waals surface area contributed by atoms with Crippen LogP contribution < -0.4 is 10.0 Å². The second-order valence-electron chi connectivity index (χ2n) is 7.57. The molecule has 6 heteroatoms. The third-order valence-corrected chi connectivity index (χ3v) is 6.65. The summed E-state index contributed by atoms with van der Waals surface area (Å²) < 4.78 is 28.4. The van der Waals surface area contributed by atoms with Gasteiger partial charge in [-0.3, -0.25) is 9.52 Å². The lowest BCUT2D eigenvalue weighted by Gasteiger charge is -2.14. The number of sulfonamides is 1. The fourth-order valence-corrected chi connectivity index (χ4v) is 4.84. The maximum absolute atomic E-state index is 12.9. The van der Waals surface area contributed by atoms with Crippen molar-refractivity contribution in [1.29, 1.82) is 0 Å². The van der Waals surface area contributed by atoms with Gasteiger partial charge in [-0.05, 0) is 81.3 Å². The molecule has 0 saturated carbocycles. The summed E-state index contributed by atoms with van der Waals surface area (Å²) in [6.07, 6.45) is 7.80.